The van der Waals surface area contributed by atoms with Crippen LogP contribution in [-0.2, 0) is 26.7 Å². The number of nitro groups is 1. The monoisotopic (exact) mass is 729 g/mol. The second kappa shape index (κ2) is 18.2. The molecule has 0 atom stereocenters. The van der Waals surface area contributed by atoms with Crippen molar-refractivity contribution < 1.29 is 39.7 Å². The van der Waals surface area contributed by atoms with Crippen LogP contribution < -0.4 is 26.0 Å². The number of aliphatic carboxylic acids is 3. The Kier molecular flexibility index (Phi) is 18.3. The molecular formula is C18H26BiN5O9S2. The molecule has 1 aromatic rings. The minimum atomic E-state index is -2.97. The number of carbonyl (C=O) groups excluding carboxylic acids is 3. The normalized spacial score (nSPS) is 11.1. The molecule has 0 aliphatic heterocycles. The summed E-state index contributed by atoms with van der Waals surface area (Å²) in [5, 5.41) is 58.2. The number of carbonyl (C=O) groups is 3. The predicted molar refractivity (Wildman–Crippen MR) is 123 cm³/mol. The van der Waals surface area contributed by atoms with E-state index in [1.54, 1.807) is 30.1 Å². The van der Waals surface area contributed by atoms with Crippen LogP contribution in [0.25, 0.3) is 0 Å². The molecule has 0 unspecified atom stereocenters. The van der Waals surface area contributed by atoms with Crippen LogP contribution >= 0.6 is 23.1 Å². The van der Waals surface area contributed by atoms with Crippen LogP contribution in [0.5, 0.6) is 0 Å². The summed E-state index contributed by atoms with van der Waals surface area (Å²) in [5.41, 5.74) is -1.88. The van der Waals surface area contributed by atoms with Gasteiger partial charge in [0.05, 0.1) is 16.6 Å². The molecule has 35 heavy (non-hydrogen) atoms. The summed E-state index contributed by atoms with van der Waals surface area (Å²) < 4.78 is 0. The average Bonchev–Trinajstić information content (AvgIpc) is 3.12. The number of thioether (sulfide) groups is 1. The first kappa shape index (κ1) is 35.1. The van der Waals surface area contributed by atoms with Gasteiger partial charge in [0.2, 0.25) is 0 Å². The van der Waals surface area contributed by atoms with Gasteiger partial charge >= 0.3 is 26.2 Å². The van der Waals surface area contributed by atoms with E-state index in [4.69, 9.17) is 5.11 Å². The fourth-order valence-electron chi connectivity index (χ4n) is 2.18. The molecule has 17 heteroatoms. The maximum absolute atomic E-state index is 10.4. The molecule has 0 saturated carbocycles. The molecule has 1 aromatic heterocycles. The first-order valence-electron chi connectivity index (χ1n) is 9.55. The molecule has 0 fully saturated rings. The predicted octanol–water partition coefficient (Wildman–Crippen LogP) is -4.31. The second-order valence-corrected chi connectivity index (χ2v) is 8.99. The molecule has 0 amide bonds. The number of nitrogens with one attached hydrogen (secondary N) is 2. The zero-order valence-corrected chi connectivity index (χ0v) is 24.3. The van der Waals surface area contributed by atoms with Gasteiger partial charge in [0.1, 0.15) is 10.6 Å². The smallest absolute Gasteiger partial charge is 0.550 e. The van der Waals surface area contributed by atoms with Gasteiger partial charge in [-0.3, -0.25) is 10.1 Å². The molecule has 14 nitrogen and oxygen atoms in total. The van der Waals surface area contributed by atoms with Crippen LogP contribution in [0.1, 0.15) is 23.5 Å². The Morgan fingerprint density at radius 3 is 2.26 bits per heavy atom. The van der Waals surface area contributed by atoms with E-state index in [-0.39, 0.29) is 26.2 Å². The van der Waals surface area contributed by atoms with Gasteiger partial charge in [0.25, 0.3) is 6.20 Å². The second-order valence-electron chi connectivity index (χ2n) is 6.94. The van der Waals surface area contributed by atoms with Gasteiger partial charge in [-0.1, -0.05) is 0 Å². The number of nitrogens with zero attached hydrogens (tertiary/aromatic N) is 3. The number of carboxylic acids is 3. The third-order valence-corrected chi connectivity index (χ3v) is 5.50. The maximum atomic E-state index is 10.4. The van der Waals surface area contributed by atoms with Gasteiger partial charge < -0.3 is 50.3 Å². The summed E-state index contributed by atoms with van der Waals surface area (Å²) in [6, 6.07) is 0. The van der Waals surface area contributed by atoms with Crippen LogP contribution in [0.4, 0.5) is 0 Å². The van der Waals surface area contributed by atoms with Gasteiger partial charge in [-0.05, 0) is 14.1 Å². The first-order chi connectivity index (χ1) is 15.8. The molecular weight excluding hydrogens is 703 g/mol. The van der Waals surface area contributed by atoms with Crippen molar-refractivity contribution in [3.63, 3.8) is 0 Å². The van der Waals surface area contributed by atoms with Crippen molar-refractivity contribution in [2.75, 3.05) is 33.4 Å². The van der Waals surface area contributed by atoms with E-state index < -0.39 is 41.3 Å². The summed E-state index contributed by atoms with van der Waals surface area (Å²) in [5.74, 6) is -3.85. The van der Waals surface area contributed by atoms with Crippen molar-refractivity contribution >= 4 is 67.2 Å². The van der Waals surface area contributed by atoms with E-state index in [1.165, 1.54) is 0 Å². The minimum Gasteiger partial charge on any atom is -0.550 e. The largest absolute Gasteiger partial charge is 3.00 e. The zero-order valence-electron chi connectivity index (χ0n) is 19.2. The van der Waals surface area contributed by atoms with Crippen molar-refractivity contribution in [3.8, 4) is 0 Å². The third kappa shape index (κ3) is 17.1. The van der Waals surface area contributed by atoms with Gasteiger partial charge in [-0.25, -0.2) is 4.98 Å². The molecule has 0 aliphatic rings. The SMILES string of the molecule is CNC(=C[N+](=O)[O-])NCCSCc1csc(CN(C)C)n1.O=C([O-])CC(O)(CC(=O)[O-])C(=O)[O-].[Bi+3]. The Hall–Kier alpha value is -2.07. The Balaban J connectivity index is 0. The third-order valence-electron chi connectivity index (χ3n) is 3.62. The minimum absolute atomic E-state index is 0. The summed E-state index contributed by atoms with van der Waals surface area (Å²) in [7, 11) is 5.70. The summed E-state index contributed by atoms with van der Waals surface area (Å²) in [6.45, 7) is 1.54. The van der Waals surface area contributed by atoms with Crippen LogP contribution in [-0.4, -0.2) is 103 Å². The fraction of sp³-hybridized carbons (Fsp3) is 0.556. The molecule has 0 spiro atoms. The van der Waals surface area contributed by atoms with Crippen molar-refractivity contribution in [2.24, 2.45) is 0 Å². The first-order valence-corrected chi connectivity index (χ1v) is 11.6. The van der Waals surface area contributed by atoms with Crippen LogP contribution in [0.15, 0.2) is 17.4 Å². The van der Waals surface area contributed by atoms with E-state index in [9.17, 15) is 39.8 Å². The van der Waals surface area contributed by atoms with Gasteiger partial charge in [-0.2, -0.15) is 11.8 Å². The summed E-state index contributed by atoms with van der Waals surface area (Å²) in [4.78, 5) is 46.5. The van der Waals surface area contributed by atoms with E-state index in [2.05, 4.69) is 25.9 Å². The van der Waals surface area contributed by atoms with Gasteiger partial charge in [-0.15, -0.1) is 11.3 Å². The molecule has 3 N–H and O–H groups in total. The quantitative estimate of drug-likeness (QED) is 0.0673. The Labute approximate surface area is 229 Å². The van der Waals surface area contributed by atoms with E-state index in [0.29, 0.717) is 12.4 Å². The average molecular weight is 730 g/mol. The number of hydrogen-bond acceptors (Lipinski definition) is 15. The number of aliphatic hydroxyl groups is 1. The van der Waals surface area contributed by atoms with E-state index >= 15 is 0 Å². The van der Waals surface area contributed by atoms with Crippen LogP contribution in [0.2, 0.25) is 0 Å². The molecule has 0 aliphatic carbocycles. The number of carboxylic acid groups (broad SMARTS) is 3. The number of rotatable bonds is 15. The molecule has 2 radical (unpaired) electrons. The summed E-state index contributed by atoms with van der Waals surface area (Å²) >= 11 is 3.43. The molecule has 1 rings (SSSR count). The van der Waals surface area contributed by atoms with E-state index in [1.807, 2.05) is 14.1 Å². The molecule has 0 bridgehead atoms. The van der Waals surface area contributed by atoms with Crippen molar-refractivity contribution in [2.45, 2.75) is 30.7 Å². The number of aromatic nitrogens is 1. The Bertz CT molecular complexity index is 851. The van der Waals surface area contributed by atoms with Gasteiger partial charge in [0.15, 0.2) is 5.82 Å². The standard InChI is InChI=1S/C12H21N5O2S2.C6H8O7.Bi/c1-13-11(6-17(18)19)14-4-5-20-8-10-9-21-12(15-10)7-16(2)3;7-3(8)1-6(13,5(11)12)2-4(9)10;/h6,9,13-14H,4-5,7-8H2,1-3H3;13H,1-2H2,(H,7,8)(H,9,10)(H,11,12);/q;;+3/p-3. The number of hydrogen-bond donors (Lipinski definition) is 3. The van der Waals surface area contributed by atoms with Crippen molar-refractivity contribution in [3.05, 3.63) is 38.2 Å². The van der Waals surface area contributed by atoms with Crippen molar-refractivity contribution in [1.29, 1.82) is 0 Å². The maximum Gasteiger partial charge on any atom is 3.00 e. The summed E-state index contributed by atoms with van der Waals surface area (Å²) in [6.07, 6.45) is -1.79. The number of thiazole rings is 1. The van der Waals surface area contributed by atoms with Crippen molar-refractivity contribution in [1.82, 2.24) is 20.5 Å². The fourth-order valence-corrected chi connectivity index (χ4v) is 3.95. The molecule has 0 saturated heterocycles. The zero-order chi connectivity index (χ0) is 26.3. The van der Waals surface area contributed by atoms with E-state index in [0.717, 1.165) is 35.0 Å². The van der Waals surface area contributed by atoms with Crippen LogP contribution in [0.3, 0.4) is 0 Å². The molecule has 0 aromatic carbocycles. The Morgan fingerprint density at radius 2 is 1.83 bits per heavy atom. The molecule has 194 valence electrons. The Morgan fingerprint density at radius 1 is 1.26 bits per heavy atom. The van der Waals surface area contributed by atoms with Crippen LogP contribution in [0, 0.1) is 10.1 Å². The topological polar surface area (TPSA) is 224 Å². The molecule has 1 heterocycles. The van der Waals surface area contributed by atoms with Gasteiger partial charge in [0, 0.05) is 61.8 Å².